The number of amides is 1. The van der Waals surface area contributed by atoms with Gasteiger partial charge in [0.15, 0.2) is 0 Å². The SMILES string of the molecule is COc1ccc(CN(Cc2ccc(OC)cc2)S(=O)(=O)c2cc(NC(=O)Cc3ccccc3Cl)cc3c2cnn3CCC(C)C)cc1. The van der Waals surface area contributed by atoms with E-state index in [4.69, 9.17) is 21.1 Å². The number of benzene rings is 4. The number of methoxy groups -OCH3 is 2. The van der Waals surface area contributed by atoms with E-state index in [1.165, 1.54) is 10.4 Å². The van der Waals surface area contributed by atoms with E-state index >= 15 is 0 Å². The number of nitrogens with zero attached hydrogens (tertiary/aromatic N) is 3. The first kappa shape index (κ1) is 34.0. The van der Waals surface area contributed by atoms with Gasteiger partial charge < -0.3 is 14.8 Å². The molecule has 1 aromatic heterocycles. The van der Waals surface area contributed by atoms with Crippen molar-refractivity contribution in [3.8, 4) is 11.5 Å². The third kappa shape index (κ3) is 8.32. The number of nitrogens with one attached hydrogen (secondary N) is 1. The number of ether oxygens (including phenoxy) is 2. The van der Waals surface area contributed by atoms with Crippen LogP contribution in [0.4, 0.5) is 5.69 Å². The van der Waals surface area contributed by atoms with E-state index in [1.807, 2.05) is 30.3 Å². The van der Waals surface area contributed by atoms with Crippen molar-refractivity contribution in [2.24, 2.45) is 5.92 Å². The van der Waals surface area contributed by atoms with E-state index in [0.717, 1.165) is 17.5 Å². The molecule has 1 N–H and O–H groups in total. The van der Waals surface area contributed by atoms with Crippen molar-refractivity contribution in [2.45, 2.75) is 51.2 Å². The van der Waals surface area contributed by atoms with Crippen LogP contribution in [0.15, 0.2) is 96.0 Å². The fraction of sp³-hybridized carbons (Fsp3) is 0.278. The molecule has 5 aromatic rings. The van der Waals surface area contributed by atoms with Gasteiger partial charge in [0, 0.05) is 35.7 Å². The monoisotopic (exact) mass is 674 g/mol. The van der Waals surface area contributed by atoms with Gasteiger partial charge in [-0.25, -0.2) is 8.42 Å². The quantitative estimate of drug-likeness (QED) is 0.132. The summed E-state index contributed by atoms with van der Waals surface area (Å²) in [6.07, 6.45) is 2.48. The molecule has 0 aliphatic carbocycles. The Labute approximate surface area is 281 Å². The molecule has 47 heavy (non-hydrogen) atoms. The highest BCUT2D eigenvalue weighted by Gasteiger charge is 2.29. The summed E-state index contributed by atoms with van der Waals surface area (Å²) in [6, 6.07) is 25.1. The molecule has 0 saturated heterocycles. The number of hydrogen-bond acceptors (Lipinski definition) is 6. The first-order valence-corrected chi connectivity index (χ1v) is 17.2. The number of anilines is 1. The molecule has 0 unspecified atom stereocenters. The van der Waals surface area contributed by atoms with Gasteiger partial charge in [0.2, 0.25) is 15.9 Å². The maximum absolute atomic E-state index is 14.8. The highest BCUT2D eigenvalue weighted by atomic mass is 35.5. The number of carbonyl (C=O) groups excluding carboxylic acids is 1. The molecule has 0 atom stereocenters. The summed E-state index contributed by atoms with van der Waals surface area (Å²) < 4.78 is 43.4. The Morgan fingerprint density at radius 1 is 0.915 bits per heavy atom. The van der Waals surface area contributed by atoms with Gasteiger partial charge >= 0.3 is 0 Å². The van der Waals surface area contributed by atoms with Gasteiger partial charge in [0.25, 0.3) is 0 Å². The molecule has 0 aliphatic rings. The van der Waals surface area contributed by atoms with Crippen LogP contribution in [0.3, 0.4) is 0 Å². The van der Waals surface area contributed by atoms with Gasteiger partial charge in [-0.3, -0.25) is 9.48 Å². The predicted octanol–water partition coefficient (Wildman–Crippen LogP) is 7.33. The molecular formula is C36H39ClN4O5S. The topological polar surface area (TPSA) is 103 Å². The third-order valence-electron chi connectivity index (χ3n) is 7.89. The summed E-state index contributed by atoms with van der Waals surface area (Å²) in [4.78, 5) is 13.3. The first-order chi connectivity index (χ1) is 22.6. The summed E-state index contributed by atoms with van der Waals surface area (Å²) in [7, 11) is -0.981. The Hall–Kier alpha value is -4.38. The minimum absolute atomic E-state index is 0.0352. The number of aryl methyl sites for hydroxylation is 1. The van der Waals surface area contributed by atoms with E-state index in [0.29, 0.717) is 51.1 Å². The van der Waals surface area contributed by atoms with E-state index in [2.05, 4.69) is 24.3 Å². The van der Waals surface area contributed by atoms with Crippen molar-refractivity contribution in [1.29, 1.82) is 0 Å². The smallest absolute Gasteiger partial charge is 0.244 e. The zero-order valence-electron chi connectivity index (χ0n) is 26.9. The van der Waals surface area contributed by atoms with Crippen LogP contribution in [-0.4, -0.2) is 42.6 Å². The number of halogens is 1. The van der Waals surface area contributed by atoms with Gasteiger partial charge in [-0.1, -0.05) is 67.9 Å². The van der Waals surface area contributed by atoms with Gasteiger partial charge in [-0.05, 0) is 71.5 Å². The van der Waals surface area contributed by atoms with Crippen LogP contribution in [0.25, 0.3) is 10.9 Å². The summed E-state index contributed by atoms with van der Waals surface area (Å²) >= 11 is 6.31. The van der Waals surface area contributed by atoms with Gasteiger partial charge in [0.05, 0.1) is 37.2 Å². The van der Waals surface area contributed by atoms with Crippen molar-refractivity contribution in [2.75, 3.05) is 19.5 Å². The lowest BCUT2D eigenvalue weighted by atomic mass is 10.1. The van der Waals surface area contributed by atoms with Crippen molar-refractivity contribution in [1.82, 2.24) is 14.1 Å². The Morgan fingerprint density at radius 3 is 2.06 bits per heavy atom. The Balaban J connectivity index is 1.57. The largest absolute Gasteiger partial charge is 0.497 e. The van der Waals surface area contributed by atoms with Crippen LogP contribution in [0.2, 0.25) is 5.02 Å². The molecule has 0 bridgehead atoms. The lowest BCUT2D eigenvalue weighted by Gasteiger charge is -2.24. The van der Waals surface area contributed by atoms with Crippen molar-refractivity contribution in [3.05, 3.63) is 113 Å². The van der Waals surface area contributed by atoms with Crippen LogP contribution in [0, 0.1) is 5.92 Å². The highest BCUT2D eigenvalue weighted by molar-refractivity contribution is 7.89. The lowest BCUT2D eigenvalue weighted by Crippen LogP contribution is -2.30. The van der Waals surface area contributed by atoms with Crippen molar-refractivity contribution in [3.63, 3.8) is 0 Å². The van der Waals surface area contributed by atoms with Crippen LogP contribution < -0.4 is 14.8 Å². The summed E-state index contributed by atoms with van der Waals surface area (Å²) in [5.41, 5.74) is 3.22. The second kappa shape index (κ2) is 15.0. The minimum atomic E-state index is -4.15. The molecule has 5 rings (SSSR count). The van der Waals surface area contributed by atoms with Crippen LogP contribution in [-0.2, 0) is 40.9 Å². The lowest BCUT2D eigenvalue weighted by molar-refractivity contribution is -0.115. The Morgan fingerprint density at radius 2 is 1.51 bits per heavy atom. The Bertz CT molecular complexity index is 1890. The molecule has 1 amide bonds. The zero-order valence-corrected chi connectivity index (χ0v) is 28.5. The van der Waals surface area contributed by atoms with E-state index in [-0.39, 0.29) is 30.3 Å². The molecule has 0 saturated carbocycles. The first-order valence-electron chi connectivity index (χ1n) is 15.4. The number of fused-ring (bicyclic) bond motifs is 1. The average Bonchev–Trinajstić information content (AvgIpc) is 3.47. The molecule has 9 nitrogen and oxygen atoms in total. The molecule has 4 aromatic carbocycles. The van der Waals surface area contributed by atoms with Crippen LogP contribution in [0.5, 0.6) is 11.5 Å². The molecule has 0 fully saturated rings. The molecule has 0 spiro atoms. The average molecular weight is 675 g/mol. The number of hydrogen-bond donors (Lipinski definition) is 1. The van der Waals surface area contributed by atoms with Crippen LogP contribution >= 0.6 is 11.6 Å². The summed E-state index contributed by atoms with van der Waals surface area (Å²) in [5.74, 6) is 1.45. The molecule has 11 heteroatoms. The van der Waals surface area contributed by atoms with Crippen molar-refractivity contribution < 1.29 is 22.7 Å². The minimum Gasteiger partial charge on any atom is -0.497 e. The predicted molar refractivity (Wildman–Crippen MR) is 185 cm³/mol. The fourth-order valence-corrected chi connectivity index (χ4v) is 7.07. The Kier molecular flexibility index (Phi) is 10.9. The number of rotatable bonds is 14. The van der Waals surface area contributed by atoms with E-state index in [9.17, 15) is 13.2 Å². The maximum Gasteiger partial charge on any atom is 0.244 e. The zero-order chi connectivity index (χ0) is 33.6. The summed E-state index contributed by atoms with van der Waals surface area (Å²) in [6.45, 7) is 5.05. The van der Waals surface area contributed by atoms with E-state index < -0.39 is 10.0 Å². The maximum atomic E-state index is 14.8. The number of sulfonamides is 1. The van der Waals surface area contributed by atoms with Crippen molar-refractivity contribution >= 4 is 44.1 Å². The summed E-state index contributed by atoms with van der Waals surface area (Å²) in [5, 5.41) is 8.47. The molecule has 0 aliphatic heterocycles. The van der Waals surface area contributed by atoms with E-state index in [1.54, 1.807) is 73.6 Å². The molecule has 0 radical (unpaired) electrons. The molecular weight excluding hydrogens is 636 g/mol. The van der Waals surface area contributed by atoms with Crippen LogP contribution in [0.1, 0.15) is 37.0 Å². The number of carbonyl (C=O) groups is 1. The highest BCUT2D eigenvalue weighted by Crippen LogP contribution is 2.32. The fourth-order valence-electron chi connectivity index (χ4n) is 5.24. The standard InChI is InChI=1S/C36H39ClN4O5S/c1-25(2)17-18-41-34-20-29(39-36(42)19-28-7-5-6-8-33(28)37)21-35(32(34)22-38-41)47(43,44)40(23-26-9-13-30(45-3)14-10-26)24-27-11-15-31(46-4)16-12-27/h5-16,20-22,25H,17-19,23-24H2,1-4H3,(H,39,42). The molecule has 1 heterocycles. The second-order valence-electron chi connectivity index (χ2n) is 11.7. The van der Waals surface area contributed by atoms with Gasteiger partial charge in [0.1, 0.15) is 11.5 Å². The van der Waals surface area contributed by atoms with Gasteiger partial charge in [-0.15, -0.1) is 0 Å². The second-order valence-corrected chi connectivity index (χ2v) is 14.1. The number of aromatic nitrogens is 2. The van der Waals surface area contributed by atoms with Gasteiger partial charge in [-0.2, -0.15) is 9.40 Å². The molecule has 246 valence electrons. The normalized spacial score (nSPS) is 11.7. The third-order valence-corrected chi connectivity index (χ3v) is 10.1.